The van der Waals surface area contributed by atoms with Gasteiger partial charge in [-0.3, -0.25) is 4.79 Å². The van der Waals surface area contributed by atoms with Crippen LogP contribution in [0.5, 0.6) is 0 Å². The third-order valence-corrected chi connectivity index (χ3v) is 5.96. The highest BCUT2D eigenvalue weighted by Crippen LogP contribution is 2.49. The number of nitrogens with zero attached hydrogens (tertiary/aromatic N) is 2. The van der Waals surface area contributed by atoms with Crippen LogP contribution in [0.1, 0.15) is 49.5 Å². The van der Waals surface area contributed by atoms with Crippen LogP contribution in [0.2, 0.25) is 0 Å². The van der Waals surface area contributed by atoms with Gasteiger partial charge in [-0.2, -0.15) is 0 Å². The molecule has 2 fully saturated rings. The molecule has 132 valence electrons. The molecule has 4 unspecified atom stereocenters. The van der Waals surface area contributed by atoms with Crippen LogP contribution in [0.25, 0.3) is 0 Å². The van der Waals surface area contributed by atoms with E-state index in [4.69, 9.17) is 0 Å². The van der Waals surface area contributed by atoms with Crippen molar-refractivity contribution in [1.82, 2.24) is 14.9 Å². The summed E-state index contributed by atoms with van der Waals surface area (Å²) >= 11 is 0. The van der Waals surface area contributed by atoms with Crippen molar-refractivity contribution < 1.29 is 9.18 Å². The molecule has 2 aromatic rings. The van der Waals surface area contributed by atoms with Crippen LogP contribution in [0, 0.1) is 23.6 Å². The van der Waals surface area contributed by atoms with Crippen LogP contribution in [-0.2, 0) is 11.8 Å². The van der Waals surface area contributed by atoms with Crippen LogP contribution >= 0.6 is 0 Å². The minimum atomic E-state index is -0.355. The minimum Gasteiger partial charge on any atom is -0.342 e. The van der Waals surface area contributed by atoms with Gasteiger partial charge in [-0.15, -0.1) is 0 Å². The summed E-state index contributed by atoms with van der Waals surface area (Å²) in [5, 5.41) is 3.14. The molecule has 2 aliphatic rings. The van der Waals surface area contributed by atoms with Crippen LogP contribution in [0.3, 0.4) is 0 Å². The highest BCUT2D eigenvalue weighted by Gasteiger charge is 2.40. The Kier molecular flexibility index (Phi) is 4.32. The predicted octanol–water partition coefficient (Wildman–Crippen LogP) is 3.59. The summed E-state index contributed by atoms with van der Waals surface area (Å²) in [4.78, 5) is 17.1. The van der Waals surface area contributed by atoms with Crippen molar-refractivity contribution in [2.24, 2.45) is 24.8 Å². The maximum absolute atomic E-state index is 13.3. The first-order valence-electron chi connectivity index (χ1n) is 9.12. The lowest BCUT2D eigenvalue weighted by Gasteiger charge is -2.23. The van der Waals surface area contributed by atoms with Crippen LogP contribution in [0.15, 0.2) is 36.7 Å². The first kappa shape index (κ1) is 16.3. The monoisotopic (exact) mass is 341 g/mol. The summed E-state index contributed by atoms with van der Waals surface area (Å²) < 4.78 is 15.2. The number of hydrogen-bond donors (Lipinski definition) is 1. The van der Waals surface area contributed by atoms with Crippen molar-refractivity contribution in [3.8, 4) is 0 Å². The number of aryl methyl sites for hydroxylation is 1. The Labute approximate surface area is 147 Å². The number of halogens is 1. The smallest absolute Gasteiger partial charge is 0.221 e. The normalized spacial score (nSPS) is 25.9. The molecule has 4 nitrogen and oxygen atoms in total. The van der Waals surface area contributed by atoms with E-state index in [1.807, 2.05) is 17.8 Å². The molecule has 4 atom stereocenters. The molecule has 0 aliphatic heterocycles. The molecule has 5 heteroatoms. The Morgan fingerprint density at radius 1 is 1.32 bits per heavy atom. The Morgan fingerprint density at radius 2 is 2.12 bits per heavy atom. The van der Waals surface area contributed by atoms with E-state index < -0.39 is 0 Å². The Morgan fingerprint density at radius 3 is 2.72 bits per heavy atom. The highest BCUT2D eigenvalue weighted by atomic mass is 19.1. The quantitative estimate of drug-likeness (QED) is 0.903. The number of imidazole rings is 1. The fourth-order valence-corrected chi connectivity index (χ4v) is 4.69. The molecule has 2 aliphatic carbocycles. The van der Waals surface area contributed by atoms with Gasteiger partial charge in [0.2, 0.25) is 5.91 Å². The van der Waals surface area contributed by atoms with Crippen molar-refractivity contribution >= 4 is 5.91 Å². The number of nitrogens with one attached hydrogen (secondary N) is 1. The maximum Gasteiger partial charge on any atom is 0.221 e. The molecule has 2 saturated carbocycles. The van der Waals surface area contributed by atoms with Crippen molar-refractivity contribution in [3.05, 3.63) is 53.9 Å². The maximum atomic E-state index is 13.3. The predicted molar refractivity (Wildman–Crippen MR) is 93.1 cm³/mol. The van der Waals surface area contributed by atoms with Gasteiger partial charge < -0.3 is 9.88 Å². The fourth-order valence-electron chi connectivity index (χ4n) is 4.69. The molecule has 0 radical (unpaired) electrons. The number of amides is 1. The van der Waals surface area contributed by atoms with Crippen molar-refractivity contribution in [1.29, 1.82) is 0 Å². The van der Waals surface area contributed by atoms with E-state index in [0.29, 0.717) is 12.3 Å². The molecule has 1 aromatic carbocycles. The van der Waals surface area contributed by atoms with Gasteiger partial charge in [0, 0.05) is 25.9 Å². The molecule has 1 amide bonds. The molecule has 0 saturated heterocycles. The SMILES string of the molecule is Cn1ccnc1C(NC(=O)CC1CC2CCC1C2)c1ccc(F)cc1. The van der Waals surface area contributed by atoms with Crippen LogP contribution in [0.4, 0.5) is 4.39 Å². The average Bonchev–Trinajstić information content (AvgIpc) is 3.31. The Bertz CT molecular complexity index is 755. The summed E-state index contributed by atoms with van der Waals surface area (Å²) in [6.45, 7) is 0. The van der Waals surface area contributed by atoms with Crippen molar-refractivity contribution in [3.63, 3.8) is 0 Å². The first-order chi connectivity index (χ1) is 12.1. The first-order valence-corrected chi connectivity index (χ1v) is 9.12. The topological polar surface area (TPSA) is 46.9 Å². The van der Waals surface area contributed by atoms with Gasteiger partial charge in [0.25, 0.3) is 0 Å². The number of hydrogen-bond acceptors (Lipinski definition) is 2. The Balaban J connectivity index is 1.51. The summed E-state index contributed by atoms with van der Waals surface area (Å²) in [5.41, 5.74) is 0.844. The fraction of sp³-hybridized carbons (Fsp3) is 0.500. The lowest BCUT2D eigenvalue weighted by molar-refractivity contribution is -0.123. The number of fused-ring (bicyclic) bond motifs is 2. The van der Waals surface area contributed by atoms with E-state index in [0.717, 1.165) is 23.2 Å². The van der Waals surface area contributed by atoms with Gasteiger partial charge in [0.05, 0.1) is 0 Å². The lowest BCUT2D eigenvalue weighted by Crippen LogP contribution is -2.33. The standard InChI is InChI=1S/C20H24FN3O/c1-24-9-8-22-20(24)19(14-4-6-17(21)7-5-14)23-18(25)12-16-11-13-2-3-15(16)10-13/h4-9,13,15-16,19H,2-3,10-12H2,1H3,(H,23,25). The molecule has 2 bridgehead atoms. The summed E-state index contributed by atoms with van der Waals surface area (Å²) in [6, 6.07) is 5.92. The second-order valence-corrected chi connectivity index (χ2v) is 7.59. The molecular weight excluding hydrogens is 317 g/mol. The number of carbonyl (C=O) groups excluding carboxylic acids is 1. The van der Waals surface area contributed by atoms with E-state index in [2.05, 4.69) is 10.3 Å². The number of carbonyl (C=O) groups is 1. The van der Waals surface area contributed by atoms with E-state index >= 15 is 0 Å². The van der Waals surface area contributed by atoms with E-state index in [9.17, 15) is 9.18 Å². The molecule has 1 N–H and O–H groups in total. The number of benzene rings is 1. The molecular formula is C20H24FN3O. The zero-order valence-electron chi connectivity index (χ0n) is 14.5. The summed E-state index contributed by atoms with van der Waals surface area (Å²) in [5.74, 6) is 2.63. The molecule has 1 aromatic heterocycles. The number of aromatic nitrogens is 2. The van der Waals surface area contributed by atoms with Gasteiger partial charge in [-0.25, -0.2) is 9.37 Å². The third kappa shape index (κ3) is 3.32. The summed E-state index contributed by atoms with van der Waals surface area (Å²) in [7, 11) is 1.90. The molecule has 4 rings (SSSR count). The molecule has 0 spiro atoms. The second kappa shape index (κ2) is 6.62. The number of rotatable bonds is 5. The minimum absolute atomic E-state index is 0.0647. The van der Waals surface area contributed by atoms with Crippen molar-refractivity contribution in [2.45, 2.75) is 38.1 Å². The highest BCUT2D eigenvalue weighted by molar-refractivity contribution is 5.77. The van der Waals surface area contributed by atoms with Crippen LogP contribution < -0.4 is 5.32 Å². The van der Waals surface area contributed by atoms with E-state index in [1.54, 1.807) is 18.3 Å². The van der Waals surface area contributed by atoms with Gasteiger partial charge in [-0.1, -0.05) is 18.6 Å². The third-order valence-electron chi connectivity index (χ3n) is 5.96. The van der Waals surface area contributed by atoms with E-state index in [1.165, 1.54) is 37.8 Å². The van der Waals surface area contributed by atoms with Gasteiger partial charge in [0.15, 0.2) is 0 Å². The largest absolute Gasteiger partial charge is 0.342 e. The van der Waals surface area contributed by atoms with Gasteiger partial charge in [0.1, 0.15) is 17.7 Å². The molecule has 1 heterocycles. The summed E-state index contributed by atoms with van der Waals surface area (Å²) in [6.07, 6.45) is 9.28. The average molecular weight is 341 g/mol. The second-order valence-electron chi connectivity index (χ2n) is 7.59. The van der Waals surface area contributed by atoms with Crippen LogP contribution in [-0.4, -0.2) is 15.5 Å². The zero-order valence-corrected chi connectivity index (χ0v) is 14.5. The van der Waals surface area contributed by atoms with Crippen molar-refractivity contribution in [2.75, 3.05) is 0 Å². The van der Waals surface area contributed by atoms with Gasteiger partial charge >= 0.3 is 0 Å². The van der Waals surface area contributed by atoms with Gasteiger partial charge in [-0.05, 0) is 54.7 Å². The Hall–Kier alpha value is -2.17. The molecule has 25 heavy (non-hydrogen) atoms. The van der Waals surface area contributed by atoms with E-state index in [-0.39, 0.29) is 17.8 Å². The lowest BCUT2D eigenvalue weighted by atomic mass is 9.86. The zero-order chi connectivity index (χ0) is 17.4.